The summed E-state index contributed by atoms with van der Waals surface area (Å²) in [5.41, 5.74) is 2.39. The zero-order valence-electron chi connectivity index (χ0n) is 12.0. The van der Waals surface area contributed by atoms with Gasteiger partial charge in [0.1, 0.15) is 0 Å². The van der Waals surface area contributed by atoms with Crippen LogP contribution in [-0.2, 0) is 0 Å². The number of hydrogen-bond acceptors (Lipinski definition) is 2. The fraction of sp³-hybridized carbons (Fsp3) is 0.250. The van der Waals surface area contributed by atoms with Crippen molar-refractivity contribution in [1.82, 2.24) is 0 Å². The molecule has 1 N–H and O–H groups in total. The molecule has 1 aromatic rings. The molecule has 0 spiro atoms. The van der Waals surface area contributed by atoms with Crippen LogP contribution in [0.15, 0.2) is 61.1 Å². The third-order valence-corrected chi connectivity index (χ3v) is 2.80. The van der Waals surface area contributed by atoms with Crippen molar-refractivity contribution in [3.8, 4) is 0 Å². The predicted octanol–water partition coefficient (Wildman–Crippen LogP) is 5.97. The maximum Gasteiger partial charge on any atom is 0.0443 e. The third-order valence-electron chi connectivity index (χ3n) is 1.82. The minimum absolute atomic E-state index is 1.11. The van der Waals surface area contributed by atoms with Crippen molar-refractivity contribution in [2.75, 3.05) is 4.72 Å². The average Bonchev–Trinajstić information content (AvgIpc) is 2.46. The van der Waals surface area contributed by atoms with Gasteiger partial charge in [-0.2, -0.15) is 0 Å². The molecule has 0 radical (unpaired) electrons. The topological polar surface area (TPSA) is 12.0 Å². The van der Waals surface area contributed by atoms with Gasteiger partial charge in [-0.1, -0.05) is 50.3 Å². The van der Waals surface area contributed by atoms with Gasteiger partial charge in [0.25, 0.3) is 0 Å². The highest BCUT2D eigenvalue weighted by atomic mass is 32.2. The quantitative estimate of drug-likeness (QED) is 0.408. The Morgan fingerprint density at radius 3 is 2.06 bits per heavy atom. The Morgan fingerprint density at radius 2 is 1.67 bits per heavy atom. The minimum atomic E-state index is 1.11. The van der Waals surface area contributed by atoms with Crippen molar-refractivity contribution in [1.29, 1.82) is 0 Å². The first-order valence-corrected chi connectivity index (χ1v) is 6.86. The number of rotatable bonds is 4. The molecule has 0 saturated heterocycles. The standard InChI is InChI=1S/C12H15NS.C2H6.C2H4/c1-4-12(5-2)14-13-11-8-6-10(3)7-9-11;2*1-2/h4-9,13H,1H2,2-3H3;1-2H3;1-2H2/b12-5+;;. The first-order chi connectivity index (χ1) is 8.76. The van der Waals surface area contributed by atoms with Crippen LogP contribution in [0.4, 0.5) is 5.69 Å². The molecule has 18 heavy (non-hydrogen) atoms. The molecular weight excluding hydrogens is 238 g/mol. The minimum Gasteiger partial charge on any atom is -0.326 e. The Balaban J connectivity index is 0. The van der Waals surface area contributed by atoms with Crippen LogP contribution >= 0.6 is 11.9 Å². The van der Waals surface area contributed by atoms with Crippen molar-refractivity contribution in [3.63, 3.8) is 0 Å². The second kappa shape index (κ2) is 13.7. The van der Waals surface area contributed by atoms with Gasteiger partial charge in [0.05, 0.1) is 0 Å². The average molecular weight is 263 g/mol. The summed E-state index contributed by atoms with van der Waals surface area (Å²) in [6.07, 6.45) is 3.87. The first-order valence-electron chi connectivity index (χ1n) is 6.04. The van der Waals surface area contributed by atoms with Crippen LogP contribution in [0.5, 0.6) is 0 Å². The van der Waals surface area contributed by atoms with E-state index in [0.717, 1.165) is 10.6 Å². The number of hydrogen-bond donors (Lipinski definition) is 1. The summed E-state index contributed by atoms with van der Waals surface area (Å²) in [7, 11) is 0. The highest BCUT2D eigenvalue weighted by Crippen LogP contribution is 2.20. The van der Waals surface area contributed by atoms with Gasteiger partial charge in [-0.05, 0) is 37.9 Å². The molecule has 1 rings (SSSR count). The number of allylic oxidation sites excluding steroid dienone is 2. The van der Waals surface area contributed by atoms with E-state index in [2.05, 4.69) is 55.6 Å². The van der Waals surface area contributed by atoms with E-state index in [1.165, 1.54) is 5.56 Å². The summed E-state index contributed by atoms with van der Waals surface area (Å²) in [5.74, 6) is 0. The molecule has 1 nitrogen and oxygen atoms in total. The maximum atomic E-state index is 3.73. The van der Waals surface area contributed by atoms with Crippen molar-refractivity contribution in [2.24, 2.45) is 0 Å². The van der Waals surface area contributed by atoms with Gasteiger partial charge in [0.15, 0.2) is 0 Å². The molecule has 100 valence electrons. The molecule has 0 heterocycles. The highest BCUT2D eigenvalue weighted by Gasteiger charge is 1.93. The Kier molecular flexibility index (Phi) is 14.4. The molecule has 0 unspecified atom stereocenters. The molecule has 0 aromatic heterocycles. The number of aryl methyl sites for hydroxylation is 1. The van der Waals surface area contributed by atoms with E-state index in [9.17, 15) is 0 Å². The van der Waals surface area contributed by atoms with Crippen molar-refractivity contribution in [3.05, 3.63) is 66.6 Å². The van der Waals surface area contributed by atoms with Crippen LogP contribution in [0, 0.1) is 6.92 Å². The number of nitrogens with one attached hydrogen (secondary N) is 1. The molecule has 0 aliphatic carbocycles. The molecule has 2 heteroatoms. The van der Waals surface area contributed by atoms with E-state index < -0.39 is 0 Å². The van der Waals surface area contributed by atoms with E-state index in [-0.39, 0.29) is 0 Å². The van der Waals surface area contributed by atoms with E-state index in [0.29, 0.717) is 0 Å². The lowest BCUT2D eigenvalue weighted by Crippen LogP contribution is -1.86. The van der Waals surface area contributed by atoms with Crippen LogP contribution in [0.25, 0.3) is 0 Å². The summed E-state index contributed by atoms with van der Waals surface area (Å²) in [5, 5.41) is 0. The second-order valence-electron chi connectivity index (χ2n) is 2.97. The van der Waals surface area contributed by atoms with E-state index >= 15 is 0 Å². The normalized spacial score (nSPS) is 9.22. The van der Waals surface area contributed by atoms with Gasteiger partial charge in [0, 0.05) is 10.6 Å². The summed E-state index contributed by atoms with van der Waals surface area (Å²) < 4.78 is 3.25. The van der Waals surface area contributed by atoms with Crippen molar-refractivity contribution >= 4 is 17.6 Å². The lowest BCUT2D eigenvalue weighted by molar-refractivity contribution is 1.47. The van der Waals surface area contributed by atoms with Gasteiger partial charge >= 0.3 is 0 Å². The predicted molar refractivity (Wildman–Crippen MR) is 88.9 cm³/mol. The monoisotopic (exact) mass is 263 g/mol. The molecular formula is C16H25NS. The maximum absolute atomic E-state index is 3.73. The lowest BCUT2D eigenvalue weighted by Gasteiger charge is -2.05. The van der Waals surface area contributed by atoms with Crippen LogP contribution < -0.4 is 4.72 Å². The fourth-order valence-electron chi connectivity index (χ4n) is 0.958. The van der Waals surface area contributed by atoms with Crippen LogP contribution in [0.2, 0.25) is 0 Å². The van der Waals surface area contributed by atoms with Crippen LogP contribution in [0.3, 0.4) is 0 Å². The lowest BCUT2D eigenvalue weighted by atomic mass is 10.2. The zero-order chi connectivity index (χ0) is 14.4. The molecule has 1 aromatic carbocycles. The van der Waals surface area contributed by atoms with Gasteiger partial charge in [-0.25, -0.2) is 0 Å². The first kappa shape index (κ1) is 18.9. The molecule has 0 aliphatic heterocycles. The van der Waals surface area contributed by atoms with Crippen LogP contribution in [-0.4, -0.2) is 0 Å². The summed E-state index contributed by atoms with van der Waals surface area (Å²) in [4.78, 5) is 1.13. The summed E-state index contributed by atoms with van der Waals surface area (Å²) >= 11 is 1.57. The SMILES string of the molecule is C=C.C=C/C(=C\C)SNc1ccc(C)cc1.CC. The molecule has 0 bridgehead atoms. The van der Waals surface area contributed by atoms with Gasteiger partial charge in [-0.15, -0.1) is 13.2 Å². The van der Waals surface area contributed by atoms with Gasteiger partial charge < -0.3 is 4.72 Å². The Hall–Kier alpha value is -1.41. The van der Waals surface area contributed by atoms with Crippen molar-refractivity contribution in [2.45, 2.75) is 27.7 Å². The highest BCUT2D eigenvalue weighted by molar-refractivity contribution is 8.04. The smallest absolute Gasteiger partial charge is 0.0443 e. The Labute approximate surface area is 117 Å². The Morgan fingerprint density at radius 1 is 1.17 bits per heavy atom. The molecule has 0 aliphatic rings. The molecule has 0 fully saturated rings. The van der Waals surface area contributed by atoms with Crippen molar-refractivity contribution < 1.29 is 0 Å². The molecule has 0 saturated carbocycles. The third kappa shape index (κ3) is 8.71. The van der Waals surface area contributed by atoms with E-state index in [1.54, 1.807) is 11.9 Å². The van der Waals surface area contributed by atoms with E-state index in [4.69, 9.17) is 0 Å². The summed E-state index contributed by atoms with van der Waals surface area (Å²) in [6, 6.07) is 8.32. The fourth-order valence-corrected chi connectivity index (χ4v) is 1.53. The Bertz CT molecular complexity index is 339. The van der Waals surface area contributed by atoms with Gasteiger partial charge in [-0.3, -0.25) is 0 Å². The number of benzene rings is 1. The van der Waals surface area contributed by atoms with Gasteiger partial charge in [0.2, 0.25) is 0 Å². The molecule has 0 amide bonds. The largest absolute Gasteiger partial charge is 0.326 e. The van der Waals surface area contributed by atoms with E-state index in [1.807, 2.05) is 32.9 Å². The van der Waals surface area contributed by atoms with Crippen LogP contribution in [0.1, 0.15) is 26.3 Å². The molecule has 0 atom stereocenters. The summed E-state index contributed by atoms with van der Waals surface area (Å²) in [6.45, 7) is 17.8. The zero-order valence-corrected chi connectivity index (χ0v) is 12.8. The second-order valence-corrected chi connectivity index (χ2v) is 3.84. The number of anilines is 1.